The summed E-state index contributed by atoms with van der Waals surface area (Å²) in [5.41, 5.74) is 8.07. The van der Waals surface area contributed by atoms with Gasteiger partial charge in [-0.2, -0.15) is 0 Å². The number of pyridine rings is 1. The lowest BCUT2D eigenvalue weighted by atomic mass is 10.2. The number of halogens is 1. The number of nitrogens with zero attached hydrogens (tertiary/aromatic N) is 1. The highest BCUT2D eigenvalue weighted by atomic mass is 32.1. The fourth-order valence-electron chi connectivity index (χ4n) is 1.54. The first kappa shape index (κ1) is 12.4. The molecule has 0 aliphatic heterocycles. The summed E-state index contributed by atoms with van der Waals surface area (Å²) < 4.78 is 13.4. The Bertz CT molecular complexity index is 599. The Labute approximate surface area is 110 Å². The van der Waals surface area contributed by atoms with Gasteiger partial charge in [0.2, 0.25) is 0 Å². The predicted molar refractivity (Wildman–Crippen MR) is 74.5 cm³/mol. The van der Waals surface area contributed by atoms with Crippen LogP contribution in [0, 0.1) is 12.7 Å². The molecule has 0 saturated carbocycles. The third-order valence-electron chi connectivity index (χ3n) is 2.56. The maximum Gasteiger partial charge on any atom is 0.128 e. The number of nitrogens with two attached hydrogens (primary N) is 1. The van der Waals surface area contributed by atoms with Crippen LogP contribution >= 0.6 is 12.2 Å². The Hall–Kier alpha value is -2.01. The van der Waals surface area contributed by atoms with Crippen LogP contribution in [-0.2, 0) is 0 Å². The Morgan fingerprint density at radius 2 is 2.17 bits per heavy atom. The number of hydrogen-bond acceptors (Lipinski definition) is 3. The van der Waals surface area contributed by atoms with Gasteiger partial charge < -0.3 is 11.1 Å². The van der Waals surface area contributed by atoms with Crippen LogP contribution in [0.15, 0.2) is 36.5 Å². The molecule has 0 spiro atoms. The van der Waals surface area contributed by atoms with Gasteiger partial charge in [0.15, 0.2) is 0 Å². The summed E-state index contributed by atoms with van der Waals surface area (Å²) in [7, 11) is 0. The summed E-state index contributed by atoms with van der Waals surface area (Å²) in [5, 5.41) is 3.11. The van der Waals surface area contributed by atoms with Crippen LogP contribution < -0.4 is 11.1 Å². The molecule has 0 saturated heterocycles. The molecule has 0 radical (unpaired) electrons. The van der Waals surface area contributed by atoms with Gasteiger partial charge in [0.25, 0.3) is 0 Å². The van der Waals surface area contributed by atoms with Crippen LogP contribution in [0.2, 0.25) is 0 Å². The standard InChI is InChI=1S/C13H12FN3S/c1-8-10(14)3-2-4-11(8)17-9-5-6-16-12(7-9)13(15)18/h2-7H,1H3,(H2,15,18)(H,16,17). The molecule has 0 bridgehead atoms. The highest BCUT2D eigenvalue weighted by Gasteiger charge is 2.05. The third-order valence-corrected chi connectivity index (χ3v) is 2.77. The van der Waals surface area contributed by atoms with Crippen LogP contribution in [0.1, 0.15) is 11.3 Å². The van der Waals surface area contributed by atoms with Crippen LogP contribution in [0.5, 0.6) is 0 Å². The number of benzene rings is 1. The minimum atomic E-state index is -0.247. The van der Waals surface area contributed by atoms with Gasteiger partial charge in [-0.15, -0.1) is 0 Å². The van der Waals surface area contributed by atoms with Gasteiger partial charge >= 0.3 is 0 Å². The van der Waals surface area contributed by atoms with E-state index in [1.54, 1.807) is 37.4 Å². The van der Waals surface area contributed by atoms with E-state index in [9.17, 15) is 4.39 Å². The topological polar surface area (TPSA) is 50.9 Å². The third kappa shape index (κ3) is 2.62. The molecule has 5 heteroatoms. The average molecular weight is 261 g/mol. The van der Waals surface area contributed by atoms with E-state index in [1.807, 2.05) is 0 Å². The second-order valence-corrected chi connectivity index (χ2v) is 4.27. The molecule has 92 valence electrons. The average Bonchev–Trinajstić information content (AvgIpc) is 2.35. The Balaban J connectivity index is 2.31. The maximum atomic E-state index is 13.4. The normalized spacial score (nSPS) is 10.1. The molecule has 3 N–H and O–H groups in total. The van der Waals surface area contributed by atoms with Gasteiger partial charge in [-0.1, -0.05) is 18.3 Å². The van der Waals surface area contributed by atoms with E-state index in [0.29, 0.717) is 16.9 Å². The summed E-state index contributed by atoms with van der Waals surface area (Å²) in [6.45, 7) is 1.72. The van der Waals surface area contributed by atoms with Crippen molar-refractivity contribution in [2.24, 2.45) is 5.73 Å². The molecule has 0 amide bonds. The van der Waals surface area contributed by atoms with E-state index in [1.165, 1.54) is 6.07 Å². The van der Waals surface area contributed by atoms with Crippen molar-refractivity contribution in [1.82, 2.24) is 4.98 Å². The first-order valence-corrected chi connectivity index (χ1v) is 5.77. The minimum Gasteiger partial charge on any atom is -0.388 e. The summed E-state index contributed by atoms with van der Waals surface area (Å²) >= 11 is 4.86. The van der Waals surface area contributed by atoms with Crippen molar-refractivity contribution in [2.45, 2.75) is 6.92 Å². The van der Waals surface area contributed by atoms with Crippen molar-refractivity contribution < 1.29 is 4.39 Å². The number of rotatable bonds is 3. The second kappa shape index (κ2) is 5.10. The highest BCUT2D eigenvalue weighted by molar-refractivity contribution is 7.80. The van der Waals surface area contributed by atoms with Crippen LogP contribution in [0.4, 0.5) is 15.8 Å². The summed E-state index contributed by atoms with van der Waals surface area (Å²) in [4.78, 5) is 4.27. The zero-order chi connectivity index (χ0) is 13.1. The van der Waals surface area contributed by atoms with Crippen molar-refractivity contribution in [3.8, 4) is 0 Å². The highest BCUT2D eigenvalue weighted by Crippen LogP contribution is 2.22. The fraction of sp³-hybridized carbons (Fsp3) is 0.0769. The number of nitrogens with one attached hydrogen (secondary N) is 1. The molecular formula is C13H12FN3S. The second-order valence-electron chi connectivity index (χ2n) is 3.83. The van der Waals surface area contributed by atoms with E-state index in [0.717, 1.165) is 5.69 Å². The summed E-state index contributed by atoms with van der Waals surface area (Å²) in [6.07, 6.45) is 1.60. The predicted octanol–water partition coefficient (Wildman–Crippen LogP) is 2.91. The number of thiocarbonyl (C=S) groups is 1. The van der Waals surface area contributed by atoms with Crippen molar-refractivity contribution in [3.05, 3.63) is 53.6 Å². The van der Waals surface area contributed by atoms with Gasteiger partial charge in [0, 0.05) is 23.1 Å². The number of hydrogen-bond donors (Lipinski definition) is 2. The Kier molecular flexibility index (Phi) is 3.53. The maximum absolute atomic E-state index is 13.4. The van der Waals surface area contributed by atoms with Crippen molar-refractivity contribution in [3.63, 3.8) is 0 Å². The van der Waals surface area contributed by atoms with E-state index in [2.05, 4.69) is 10.3 Å². The van der Waals surface area contributed by atoms with E-state index in [4.69, 9.17) is 18.0 Å². The largest absolute Gasteiger partial charge is 0.388 e. The fourth-order valence-corrected chi connectivity index (χ4v) is 1.65. The molecule has 2 rings (SSSR count). The Morgan fingerprint density at radius 3 is 2.89 bits per heavy atom. The molecule has 18 heavy (non-hydrogen) atoms. The van der Waals surface area contributed by atoms with Gasteiger partial charge in [0.1, 0.15) is 10.8 Å². The monoisotopic (exact) mass is 261 g/mol. The molecule has 1 heterocycles. The molecule has 2 aromatic rings. The lowest BCUT2D eigenvalue weighted by Gasteiger charge is -2.10. The molecule has 0 unspecified atom stereocenters. The number of aromatic nitrogens is 1. The lowest BCUT2D eigenvalue weighted by Crippen LogP contribution is -2.11. The zero-order valence-corrected chi connectivity index (χ0v) is 10.6. The molecule has 0 aliphatic carbocycles. The molecule has 1 aromatic carbocycles. The van der Waals surface area contributed by atoms with Crippen molar-refractivity contribution in [2.75, 3.05) is 5.32 Å². The molecule has 0 atom stereocenters. The van der Waals surface area contributed by atoms with Gasteiger partial charge in [0.05, 0.1) is 5.69 Å². The molecular weight excluding hydrogens is 249 g/mol. The van der Waals surface area contributed by atoms with Crippen LogP contribution in [0.3, 0.4) is 0 Å². The van der Waals surface area contributed by atoms with Crippen molar-refractivity contribution in [1.29, 1.82) is 0 Å². The lowest BCUT2D eigenvalue weighted by molar-refractivity contribution is 0.619. The first-order chi connectivity index (χ1) is 8.58. The smallest absolute Gasteiger partial charge is 0.128 e. The zero-order valence-electron chi connectivity index (χ0n) is 9.77. The first-order valence-electron chi connectivity index (χ1n) is 5.36. The van der Waals surface area contributed by atoms with Gasteiger partial charge in [-0.05, 0) is 31.2 Å². The molecule has 3 nitrogen and oxygen atoms in total. The molecule has 0 fully saturated rings. The molecule has 1 aromatic heterocycles. The van der Waals surface area contributed by atoms with Gasteiger partial charge in [-0.25, -0.2) is 4.39 Å². The quantitative estimate of drug-likeness (QED) is 0.834. The van der Waals surface area contributed by atoms with E-state index in [-0.39, 0.29) is 10.8 Å². The van der Waals surface area contributed by atoms with Crippen LogP contribution in [0.25, 0.3) is 0 Å². The van der Waals surface area contributed by atoms with Crippen molar-refractivity contribution >= 4 is 28.6 Å². The minimum absolute atomic E-state index is 0.231. The SMILES string of the molecule is Cc1c(F)cccc1Nc1ccnc(C(N)=S)c1. The molecule has 0 aliphatic rings. The van der Waals surface area contributed by atoms with E-state index < -0.39 is 0 Å². The summed E-state index contributed by atoms with van der Waals surface area (Å²) in [5.74, 6) is -0.247. The number of anilines is 2. The Morgan fingerprint density at radius 1 is 1.39 bits per heavy atom. The summed E-state index contributed by atoms with van der Waals surface area (Å²) in [6, 6.07) is 8.38. The van der Waals surface area contributed by atoms with Gasteiger partial charge in [-0.3, -0.25) is 4.98 Å². The van der Waals surface area contributed by atoms with Crippen LogP contribution in [-0.4, -0.2) is 9.97 Å². The van der Waals surface area contributed by atoms with E-state index >= 15 is 0 Å².